The van der Waals surface area contributed by atoms with Crippen LogP contribution in [0, 0.1) is 12.8 Å². The quantitative estimate of drug-likeness (QED) is 0.879. The van der Waals surface area contributed by atoms with Crippen molar-refractivity contribution in [2.45, 2.75) is 13.3 Å². The Labute approximate surface area is 123 Å². The lowest BCUT2D eigenvalue weighted by atomic mass is 10.1. The molecule has 0 aromatic heterocycles. The van der Waals surface area contributed by atoms with Crippen LogP contribution in [0.4, 0.5) is 10.5 Å². The van der Waals surface area contributed by atoms with Crippen LogP contribution in [0.5, 0.6) is 0 Å². The van der Waals surface area contributed by atoms with Gasteiger partial charge in [0.15, 0.2) is 0 Å². The van der Waals surface area contributed by atoms with Crippen LogP contribution in [0.25, 0.3) is 0 Å². The Hall–Kier alpha value is -1.75. The van der Waals surface area contributed by atoms with Crippen molar-refractivity contribution in [1.29, 1.82) is 0 Å². The van der Waals surface area contributed by atoms with Crippen molar-refractivity contribution in [3.05, 3.63) is 28.8 Å². The van der Waals surface area contributed by atoms with Gasteiger partial charge in [0.1, 0.15) is 0 Å². The number of aryl methyl sites for hydroxylation is 1. The van der Waals surface area contributed by atoms with Gasteiger partial charge in [-0.05, 0) is 31.0 Å². The smallest absolute Gasteiger partial charge is 0.321 e. The third kappa shape index (κ3) is 3.22. The van der Waals surface area contributed by atoms with Crippen LogP contribution in [0.2, 0.25) is 5.02 Å². The van der Waals surface area contributed by atoms with Gasteiger partial charge in [-0.1, -0.05) is 17.7 Å². The highest BCUT2D eigenvalue weighted by molar-refractivity contribution is 6.31. The Morgan fingerprint density at radius 1 is 1.40 bits per heavy atom. The Morgan fingerprint density at radius 3 is 2.80 bits per heavy atom. The molecule has 0 aliphatic carbocycles. The molecule has 1 atom stereocenters. The van der Waals surface area contributed by atoms with Crippen molar-refractivity contribution in [3.63, 3.8) is 0 Å². The lowest BCUT2D eigenvalue weighted by molar-refractivity contribution is -0.124. The molecule has 1 saturated heterocycles. The first kappa shape index (κ1) is 14.7. The van der Waals surface area contributed by atoms with Gasteiger partial charge in [0.2, 0.25) is 5.91 Å². The molecular formula is C14H18ClN3O2. The van der Waals surface area contributed by atoms with Gasteiger partial charge in [0, 0.05) is 30.8 Å². The topological polar surface area (TPSA) is 61.4 Å². The van der Waals surface area contributed by atoms with Crippen LogP contribution in [0.1, 0.15) is 12.0 Å². The van der Waals surface area contributed by atoms with E-state index in [9.17, 15) is 9.59 Å². The third-order valence-corrected chi connectivity index (χ3v) is 3.92. The van der Waals surface area contributed by atoms with Crippen LogP contribution in [-0.2, 0) is 4.79 Å². The van der Waals surface area contributed by atoms with Gasteiger partial charge in [0.25, 0.3) is 0 Å². The standard InChI is InChI=1S/C14H18ClN3O2/c1-9-3-4-11(7-12(9)15)17-14(20)18-6-5-10(8-18)13(19)16-2/h3-4,7,10H,5-6,8H2,1-2H3,(H,16,19)(H,17,20)/t10-/m1/s1. The normalized spacial score (nSPS) is 17.9. The first-order valence-corrected chi connectivity index (χ1v) is 6.92. The number of urea groups is 1. The van der Waals surface area contributed by atoms with Crippen LogP contribution in [0.15, 0.2) is 18.2 Å². The molecule has 0 radical (unpaired) electrons. The van der Waals surface area contributed by atoms with Crippen LogP contribution in [0.3, 0.4) is 0 Å². The average molecular weight is 296 g/mol. The molecule has 1 aromatic rings. The Balaban J connectivity index is 1.96. The minimum absolute atomic E-state index is 0.0151. The van der Waals surface area contributed by atoms with Crippen molar-refractivity contribution in [2.24, 2.45) is 5.92 Å². The van der Waals surface area contributed by atoms with E-state index < -0.39 is 0 Å². The van der Waals surface area contributed by atoms with E-state index in [1.54, 1.807) is 18.0 Å². The number of halogens is 1. The fraction of sp³-hybridized carbons (Fsp3) is 0.429. The minimum Gasteiger partial charge on any atom is -0.359 e. The lowest BCUT2D eigenvalue weighted by Gasteiger charge is -2.17. The lowest BCUT2D eigenvalue weighted by Crippen LogP contribution is -2.35. The van der Waals surface area contributed by atoms with Gasteiger partial charge in [0.05, 0.1) is 5.92 Å². The number of anilines is 1. The molecule has 1 aromatic carbocycles. The van der Waals surface area contributed by atoms with E-state index in [2.05, 4.69) is 10.6 Å². The van der Waals surface area contributed by atoms with Crippen molar-refractivity contribution in [2.75, 3.05) is 25.5 Å². The molecule has 108 valence electrons. The molecule has 0 bridgehead atoms. The summed E-state index contributed by atoms with van der Waals surface area (Å²) in [5, 5.41) is 6.03. The summed E-state index contributed by atoms with van der Waals surface area (Å²) in [5.74, 6) is -0.133. The highest BCUT2D eigenvalue weighted by Gasteiger charge is 2.30. The average Bonchev–Trinajstić information content (AvgIpc) is 2.92. The fourth-order valence-corrected chi connectivity index (χ4v) is 2.42. The van der Waals surface area contributed by atoms with Crippen molar-refractivity contribution < 1.29 is 9.59 Å². The van der Waals surface area contributed by atoms with E-state index in [0.29, 0.717) is 30.2 Å². The van der Waals surface area contributed by atoms with Gasteiger partial charge < -0.3 is 15.5 Å². The highest BCUT2D eigenvalue weighted by atomic mass is 35.5. The molecule has 0 saturated carbocycles. The second kappa shape index (κ2) is 6.13. The Bertz CT molecular complexity index is 533. The SMILES string of the molecule is CNC(=O)[C@@H]1CCN(C(=O)Nc2ccc(C)c(Cl)c2)C1. The van der Waals surface area contributed by atoms with E-state index in [0.717, 1.165) is 5.56 Å². The molecular weight excluding hydrogens is 278 g/mol. The number of hydrogen-bond acceptors (Lipinski definition) is 2. The number of amides is 3. The maximum atomic E-state index is 12.1. The Morgan fingerprint density at radius 2 is 2.15 bits per heavy atom. The molecule has 1 heterocycles. The third-order valence-electron chi connectivity index (χ3n) is 3.52. The number of rotatable bonds is 2. The van der Waals surface area contributed by atoms with E-state index in [4.69, 9.17) is 11.6 Å². The number of carbonyl (C=O) groups excluding carboxylic acids is 2. The predicted molar refractivity (Wildman–Crippen MR) is 79.0 cm³/mol. The maximum Gasteiger partial charge on any atom is 0.321 e. The Kier molecular flexibility index (Phi) is 4.49. The number of hydrogen-bond donors (Lipinski definition) is 2. The summed E-state index contributed by atoms with van der Waals surface area (Å²) >= 11 is 6.02. The number of nitrogens with one attached hydrogen (secondary N) is 2. The van der Waals surface area contributed by atoms with Crippen LogP contribution >= 0.6 is 11.6 Å². The number of likely N-dealkylation sites (tertiary alicyclic amines) is 1. The predicted octanol–water partition coefficient (Wildman–Crippen LogP) is 2.25. The zero-order chi connectivity index (χ0) is 14.7. The maximum absolute atomic E-state index is 12.1. The van der Waals surface area contributed by atoms with Gasteiger partial charge in [-0.3, -0.25) is 4.79 Å². The molecule has 2 rings (SSSR count). The van der Waals surface area contributed by atoms with Crippen LogP contribution < -0.4 is 10.6 Å². The molecule has 1 aliphatic heterocycles. The van der Waals surface area contributed by atoms with Crippen molar-refractivity contribution >= 4 is 29.2 Å². The summed E-state index contributed by atoms with van der Waals surface area (Å²) in [6.45, 7) is 2.94. The molecule has 1 aliphatic rings. The van der Waals surface area contributed by atoms with Crippen molar-refractivity contribution in [1.82, 2.24) is 10.2 Å². The molecule has 6 heteroatoms. The second-order valence-electron chi connectivity index (χ2n) is 4.94. The van der Waals surface area contributed by atoms with Gasteiger partial charge >= 0.3 is 6.03 Å². The summed E-state index contributed by atoms with van der Waals surface area (Å²) in [6.07, 6.45) is 0.696. The largest absolute Gasteiger partial charge is 0.359 e. The molecule has 2 N–H and O–H groups in total. The molecule has 5 nitrogen and oxygen atoms in total. The molecule has 0 unspecified atom stereocenters. The first-order chi connectivity index (χ1) is 9.51. The van der Waals surface area contributed by atoms with E-state index in [1.807, 2.05) is 19.1 Å². The summed E-state index contributed by atoms with van der Waals surface area (Å²) in [4.78, 5) is 25.3. The van der Waals surface area contributed by atoms with E-state index in [1.165, 1.54) is 0 Å². The van der Waals surface area contributed by atoms with Crippen LogP contribution in [-0.4, -0.2) is 37.0 Å². The minimum atomic E-state index is -0.198. The molecule has 1 fully saturated rings. The zero-order valence-corrected chi connectivity index (χ0v) is 12.3. The number of nitrogens with zero attached hydrogens (tertiary/aromatic N) is 1. The first-order valence-electron chi connectivity index (χ1n) is 6.55. The number of carbonyl (C=O) groups is 2. The molecule has 0 spiro atoms. The number of benzene rings is 1. The van der Waals surface area contributed by atoms with Crippen molar-refractivity contribution in [3.8, 4) is 0 Å². The summed E-state index contributed by atoms with van der Waals surface area (Å²) in [7, 11) is 1.61. The van der Waals surface area contributed by atoms with Gasteiger partial charge in [-0.2, -0.15) is 0 Å². The van der Waals surface area contributed by atoms with Gasteiger partial charge in [-0.25, -0.2) is 4.79 Å². The summed E-state index contributed by atoms with van der Waals surface area (Å²) in [6, 6.07) is 5.19. The van der Waals surface area contributed by atoms with E-state index in [-0.39, 0.29) is 17.9 Å². The summed E-state index contributed by atoms with van der Waals surface area (Å²) < 4.78 is 0. The molecule has 20 heavy (non-hydrogen) atoms. The van der Waals surface area contributed by atoms with Gasteiger partial charge in [-0.15, -0.1) is 0 Å². The summed E-state index contributed by atoms with van der Waals surface area (Å²) in [5.41, 5.74) is 1.62. The fourth-order valence-electron chi connectivity index (χ4n) is 2.24. The monoisotopic (exact) mass is 295 g/mol. The second-order valence-corrected chi connectivity index (χ2v) is 5.35. The molecule has 3 amide bonds. The highest BCUT2D eigenvalue weighted by Crippen LogP contribution is 2.22. The zero-order valence-electron chi connectivity index (χ0n) is 11.6. The van der Waals surface area contributed by atoms with E-state index >= 15 is 0 Å².